The molecule has 2 aromatic heterocycles. The molecule has 3 atom stereocenters. The van der Waals surface area contributed by atoms with Crippen LogP contribution in [0.5, 0.6) is 11.5 Å². The van der Waals surface area contributed by atoms with Crippen molar-refractivity contribution in [2.24, 2.45) is 17.8 Å². The Hall–Kier alpha value is -2.30. The van der Waals surface area contributed by atoms with Crippen LogP contribution < -0.4 is 9.47 Å². The summed E-state index contributed by atoms with van der Waals surface area (Å²) in [7, 11) is 0. The minimum Gasteiger partial charge on any atom is -0.448 e. The molecular formula is C15H10O5. The van der Waals surface area contributed by atoms with Crippen molar-refractivity contribution in [1.29, 1.82) is 0 Å². The summed E-state index contributed by atoms with van der Waals surface area (Å²) < 4.78 is 15.9. The minimum absolute atomic E-state index is 0.0941. The van der Waals surface area contributed by atoms with Crippen LogP contribution in [-0.4, -0.2) is 11.9 Å². The van der Waals surface area contributed by atoms with Gasteiger partial charge in [0.2, 0.25) is 11.5 Å². The van der Waals surface area contributed by atoms with Crippen molar-refractivity contribution < 1.29 is 23.5 Å². The first-order chi connectivity index (χ1) is 9.70. The second kappa shape index (κ2) is 3.23. The van der Waals surface area contributed by atoms with Gasteiger partial charge in [-0.2, -0.15) is 0 Å². The molecular weight excluding hydrogens is 260 g/mol. The summed E-state index contributed by atoms with van der Waals surface area (Å²) in [6.07, 6.45) is 6.16. The van der Waals surface area contributed by atoms with Gasteiger partial charge in [-0.05, 0) is 24.7 Å². The van der Waals surface area contributed by atoms with Crippen LogP contribution in [0.15, 0.2) is 22.6 Å². The van der Waals surface area contributed by atoms with E-state index in [1.54, 1.807) is 6.07 Å². The Morgan fingerprint density at radius 3 is 2.95 bits per heavy atom. The molecule has 0 spiro atoms. The molecule has 2 aliphatic carbocycles. The summed E-state index contributed by atoms with van der Waals surface area (Å²) in [6, 6.07) is 1.57. The Kier molecular flexibility index (Phi) is 1.69. The second-order valence-corrected chi connectivity index (χ2v) is 5.71. The molecule has 0 N–H and O–H groups in total. The van der Waals surface area contributed by atoms with Crippen LogP contribution >= 0.6 is 0 Å². The Morgan fingerprint density at radius 2 is 2.20 bits per heavy atom. The topological polar surface area (TPSA) is 65.7 Å². The van der Waals surface area contributed by atoms with Crippen LogP contribution in [0.2, 0.25) is 0 Å². The predicted octanol–water partition coefficient (Wildman–Crippen LogP) is 2.52. The fraction of sp³-hybridized carbons (Fsp3) is 0.333. The fourth-order valence-electron chi connectivity index (χ4n) is 3.60. The van der Waals surface area contributed by atoms with Gasteiger partial charge in [-0.3, -0.25) is 4.79 Å². The van der Waals surface area contributed by atoms with E-state index in [1.807, 2.05) is 0 Å². The zero-order chi connectivity index (χ0) is 13.4. The third-order valence-electron chi connectivity index (χ3n) is 4.57. The highest BCUT2D eigenvalue weighted by Crippen LogP contribution is 2.50. The summed E-state index contributed by atoms with van der Waals surface area (Å²) in [5, 5.41) is 0. The average molecular weight is 270 g/mol. The Balaban J connectivity index is 1.46. The minimum atomic E-state index is -0.445. The van der Waals surface area contributed by atoms with Crippen LogP contribution in [0.1, 0.15) is 23.2 Å². The van der Waals surface area contributed by atoms with Crippen molar-refractivity contribution >= 4 is 23.1 Å². The number of benzene rings is 1. The van der Waals surface area contributed by atoms with E-state index in [-0.39, 0.29) is 29.3 Å². The number of hydrogen-bond donors (Lipinski definition) is 0. The maximum Gasteiger partial charge on any atom is 0.347 e. The molecule has 4 bridgehead atoms. The lowest BCUT2D eigenvalue weighted by atomic mass is 9.94. The number of carbonyl (C=O) groups is 2. The van der Waals surface area contributed by atoms with E-state index in [2.05, 4.69) is 12.2 Å². The molecule has 3 aliphatic rings. The van der Waals surface area contributed by atoms with Crippen molar-refractivity contribution in [3.63, 3.8) is 0 Å². The van der Waals surface area contributed by atoms with Crippen molar-refractivity contribution in [3.05, 3.63) is 23.8 Å². The molecule has 3 heterocycles. The number of esters is 2. The third kappa shape index (κ3) is 1.13. The van der Waals surface area contributed by atoms with E-state index >= 15 is 0 Å². The second-order valence-electron chi connectivity index (χ2n) is 5.71. The molecule has 20 heavy (non-hydrogen) atoms. The highest BCUT2D eigenvalue weighted by molar-refractivity contribution is 6.10. The Labute approximate surface area is 113 Å². The molecule has 100 valence electrons. The van der Waals surface area contributed by atoms with E-state index in [0.29, 0.717) is 22.6 Å². The zero-order valence-electron chi connectivity index (χ0n) is 10.4. The number of ether oxygens (including phenoxy) is 2. The van der Waals surface area contributed by atoms with Gasteiger partial charge >= 0.3 is 11.9 Å². The van der Waals surface area contributed by atoms with Crippen molar-refractivity contribution in [3.8, 4) is 11.5 Å². The van der Waals surface area contributed by atoms with Crippen LogP contribution in [0, 0.1) is 17.8 Å². The maximum absolute atomic E-state index is 12.3. The van der Waals surface area contributed by atoms with Gasteiger partial charge in [-0.1, -0.05) is 12.2 Å². The van der Waals surface area contributed by atoms with Gasteiger partial charge in [0.15, 0.2) is 11.2 Å². The molecule has 0 saturated heterocycles. The molecule has 3 unspecified atom stereocenters. The highest BCUT2D eigenvalue weighted by atomic mass is 16.6. The number of carbonyl (C=O) groups excluding carboxylic acids is 2. The largest absolute Gasteiger partial charge is 0.448 e. The maximum atomic E-state index is 12.3. The van der Waals surface area contributed by atoms with E-state index in [1.165, 1.54) is 0 Å². The lowest BCUT2D eigenvalue weighted by molar-refractivity contribution is -0.139. The summed E-state index contributed by atoms with van der Waals surface area (Å²) in [4.78, 5) is 23.8. The number of allylic oxidation sites excluding steroid dienone is 2. The molecule has 0 aromatic carbocycles. The SMILES string of the molecule is O=C1Oc2c(OC(=O)C3CC4C=CC3C4)c3cc1c2o3. The number of furan rings is 2. The third-order valence-corrected chi connectivity index (χ3v) is 4.57. The Bertz CT molecular complexity index is 783. The van der Waals surface area contributed by atoms with Gasteiger partial charge in [0.1, 0.15) is 5.56 Å². The molecule has 2 aromatic rings. The van der Waals surface area contributed by atoms with E-state index in [9.17, 15) is 9.59 Å². The van der Waals surface area contributed by atoms with E-state index < -0.39 is 5.97 Å². The predicted molar refractivity (Wildman–Crippen MR) is 66.8 cm³/mol. The van der Waals surface area contributed by atoms with Gasteiger partial charge in [0, 0.05) is 6.07 Å². The monoisotopic (exact) mass is 270 g/mol. The summed E-state index contributed by atoms with van der Waals surface area (Å²) in [5.41, 5.74) is 1.21. The molecule has 1 aliphatic heterocycles. The number of fused-ring (bicyclic) bond motifs is 3. The first-order valence-electron chi connectivity index (χ1n) is 6.72. The smallest absolute Gasteiger partial charge is 0.347 e. The fourth-order valence-corrected chi connectivity index (χ4v) is 3.60. The molecule has 5 nitrogen and oxygen atoms in total. The lowest BCUT2D eigenvalue weighted by Gasteiger charge is -2.16. The van der Waals surface area contributed by atoms with Gasteiger partial charge < -0.3 is 13.9 Å². The van der Waals surface area contributed by atoms with Gasteiger partial charge in [0.25, 0.3) is 0 Å². The van der Waals surface area contributed by atoms with Crippen molar-refractivity contribution in [2.75, 3.05) is 0 Å². The molecule has 0 amide bonds. The van der Waals surface area contributed by atoms with Gasteiger partial charge in [0.05, 0.1) is 5.92 Å². The lowest BCUT2D eigenvalue weighted by Crippen LogP contribution is -2.24. The highest BCUT2D eigenvalue weighted by Gasteiger charge is 2.43. The number of hydrogen-bond acceptors (Lipinski definition) is 5. The quantitative estimate of drug-likeness (QED) is 0.476. The van der Waals surface area contributed by atoms with Crippen LogP contribution in [0.3, 0.4) is 0 Å². The normalized spacial score (nSPS) is 29.6. The Morgan fingerprint density at radius 1 is 1.30 bits per heavy atom. The van der Waals surface area contributed by atoms with Gasteiger partial charge in [-0.25, -0.2) is 4.79 Å². The first-order valence-corrected chi connectivity index (χ1v) is 6.72. The van der Waals surface area contributed by atoms with Gasteiger partial charge in [-0.15, -0.1) is 0 Å². The van der Waals surface area contributed by atoms with E-state index in [0.717, 1.165) is 12.8 Å². The molecule has 5 heteroatoms. The average Bonchev–Trinajstić information content (AvgIpc) is 3.19. The molecule has 0 radical (unpaired) electrons. The van der Waals surface area contributed by atoms with Crippen LogP contribution in [-0.2, 0) is 4.79 Å². The van der Waals surface area contributed by atoms with Crippen LogP contribution in [0.25, 0.3) is 11.2 Å². The summed E-state index contributed by atoms with van der Waals surface area (Å²) >= 11 is 0. The number of rotatable bonds is 2. The molecule has 1 fully saturated rings. The summed E-state index contributed by atoms with van der Waals surface area (Å²) in [5.74, 6) is 0.506. The zero-order valence-corrected chi connectivity index (χ0v) is 10.4. The molecule has 5 rings (SSSR count). The molecule has 1 saturated carbocycles. The van der Waals surface area contributed by atoms with Crippen molar-refractivity contribution in [1.82, 2.24) is 0 Å². The standard InChI is InChI=1S/C15H10O5/c16-14(8-4-6-1-2-7(8)3-6)19-12-10-5-9-11(18-10)13(12)20-15(9)17/h1-2,5-8H,3-4H2. The summed E-state index contributed by atoms with van der Waals surface area (Å²) in [6.45, 7) is 0. The van der Waals surface area contributed by atoms with E-state index in [4.69, 9.17) is 13.9 Å². The van der Waals surface area contributed by atoms with Crippen LogP contribution in [0.4, 0.5) is 0 Å². The van der Waals surface area contributed by atoms with Crippen molar-refractivity contribution in [2.45, 2.75) is 12.8 Å². The first kappa shape index (κ1) is 10.5.